The van der Waals surface area contributed by atoms with Crippen molar-refractivity contribution in [3.63, 3.8) is 0 Å². The predicted octanol–water partition coefficient (Wildman–Crippen LogP) is 1.67. The van der Waals surface area contributed by atoms with Crippen LogP contribution in [0.4, 0.5) is 8.78 Å². The first-order chi connectivity index (χ1) is 8.16. The van der Waals surface area contributed by atoms with E-state index in [1.165, 1.54) is 0 Å². The molecule has 1 aliphatic rings. The summed E-state index contributed by atoms with van der Waals surface area (Å²) in [5, 5.41) is 5.59. The second kappa shape index (κ2) is 6.92. The van der Waals surface area contributed by atoms with Crippen molar-refractivity contribution in [1.29, 1.82) is 0 Å². The Morgan fingerprint density at radius 3 is 2.94 bits per heavy atom. The van der Waals surface area contributed by atoms with Gasteiger partial charge in [-0.15, -0.1) is 24.2 Å². The van der Waals surface area contributed by atoms with E-state index in [4.69, 9.17) is 0 Å². The smallest absolute Gasteiger partial charge is 0.238 e. The Kier molecular flexibility index (Phi) is 5.84. The number of carbonyl (C=O) groups is 1. The summed E-state index contributed by atoms with van der Waals surface area (Å²) in [5.74, 6) is 0.244. The summed E-state index contributed by atoms with van der Waals surface area (Å²) in [5.41, 5.74) is 0.156. The number of rotatable bonds is 3. The number of hydrogen-bond acceptors (Lipinski definition) is 3. The molecule has 2 N–H and O–H groups in total. The molecule has 18 heavy (non-hydrogen) atoms. The van der Waals surface area contributed by atoms with Crippen LogP contribution in [0.2, 0.25) is 0 Å². The summed E-state index contributed by atoms with van der Waals surface area (Å²) in [6, 6.07) is 2.96. The Labute approximate surface area is 114 Å². The van der Waals surface area contributed by atoms with Crippen molar-refractivity contribution >= 4 is 30.1 Å². The molecule has 7 heteroatoms. The molecule has 100 valence electrons. The van der Waals surface area contributed by atoms with E-state index in [0.717, 1.165) is 24.1 Å². The highest BCUT2D eigenvalue weighted by Crippen LogP contribution is 2.11. The molecule has 1 aromatic rings. The Morgan fingerprint density at radius 1 is 1.50 bits per heavy atom. The van der Waals surface area contributed by atoms with Crippen LogP contribution in [0.3, 0.4) is 0 Å². The van der Waals surface area contributed by atoms with Gasteiger partial charge in [0, 0.05) is 23.7 Å². The largest absolute Gasteiger partial charge is 0.351 e. The molecule has 1 amide bonds. The Bertz CT molecular complexity index is 428. The number of hydrogen-bond donors (Lipinski definition) is 2. The molecule has 1 unspecified atom stereocenters. The second-order valence-electron chi connectivity index (χ2n) is 3.73. The highest BCUT2D eigenvalue weighted by molar-refractivity contribution is 7.99. The van der Waals surface area contributed by atoms with Crippen molar-refractivity contribution < 1.29 is 13.6 Å². The maximum atomic E-state index is 13.3. The first kappa shape index (κ1) is 15.2. The summed E-state index contributed by atoms with van der Waals surface area (Å²) in [6.45, 7) is 0.00523. The minimum absolute atomic E-state index is 0. The molecule has 1 aliphatic heterocycles. The molecule has 0 radical (unpaired) electrons. The van der Waals surface area contributed by atoms with E-state index in [9.17, 15) is 13.6 Å². The number of thioether (sulfide) groups is 1. The van der Waals surface area contributed by atoms with Crippen molar-refractivity contribution in [3.8, 4) is 0 Å². The molecular formula is C11H13ClF2N2OS. The van der Waals surface area contributed by atoms with Gasteiger partial charge in [0.15, 0.2) is 0 Å². The van der Waals surface area contributed by atoms with Gasteiger partial charge in [0.2, 0.25) is 5.91 Å². The Morgan fingerprint density at radius 2 is 2.28 bits per heavy atom. The van der Waals surface area contributed by atoms with E-state index in [0.29, 0.717) is 5.75 Å². The van der Waals surface area contributed by atoms with Crippen LogP contribution in [0.5, 0.6) is 0 Å². The third-order valence-electron chi connectivity index (χ3n) is 2.49. The molecule has 1 aromatic carbocycles. The molecule has 1 fully saturated rings. The minimum atomic E-state index is -0.513. The van der Waals surface area contributed by atoms with E-state index in [-0.39, 0.29) is 36.5 Å². The van der Waals surface area contributed by atoms with E-state index < -0.39 is 11.6 Å². The molecule has 0 bridgehead atoms. The van der Waals surface area contributed by atoms with Crippen LogP contribution in [-0.4, -0.2) is 23.6 Å². The van der Waals surface area contributed by atoms with Gasteiger partial charge in [-0.05, 0) is 18.2 Å². The fraction of sp³-hybridized carbons (Fsp3) is 0.364. The van der Waals surface area contributed by atoms with Gasteiger partial charge in [0.05, 0.1) is 6.04 Å². The highest BCUT2D eigenvalue weighted by atomic mass is 35.5. The summed E-state index contributed by atoms with van der Waals surface area (Å²) < 4.78 is 26.1. The van der Waals surface area contributed by atoms with E-state index in [1.54, 1.807) is 11.8 Å². The van der Waals surface area contributed by atoms with Gasteiger partial charge < -0.3 is 5.32 Å². The van der Waals surface area contributed by atoms with Gasteiger partial charge in [-0.25, -0.2) is 8.78 Å². The second-order valence-corrected chi connectivity index (χ2v) is 4.76. The highest BCUT2D eigenvalue weighted by Gasteiger charge is 2.22. The van der Waals surface area contributed by atoms with Crippen molar-refractivity contribution in [1.82, 2.24) is 10.6 Å². The van der Waals surface area contributed by atoms with Gasteiger partial charge in [-0.2, -0.15) is 0 Å². The molecule has 1 saturated heterocycles. The third-order valence-corrected chi connectivity index (χ3v) is 3.43. The van der Waals surface area contributed by atoms with Crippen LogP contribution in [0.15, 0.2) is 18.2 Å². The van der Waals surface area contributed by atoms with Crippen LogP contribution < -0.4 is 10.6 Å². The zero-order valence-electron chi connectivity index (χ0n) is 9.41. The SMILES string of the molecule is Cl.O=C(NCc1cc(F)ccc1F)C1CSCN1. The fourth-order valence-electron chi connectivity index (χ4n) is 1.55. The Balaban J connectivity index is 0.00000162. The fourth-order valence-corrected chi connectivity index (χ4v) is 2.49. The first-order valence-corrected chi connectivity index (χ1v) is 6.35. The van der Waals surface area contributed by atoms with Gasteiger partial charge in [-0.3, -0.25) is 10.1 Å². The topological polar surface area (TPSA) is 41.1 Å². The lowest BCUT2D eigenvalue weighted by atomic mass is 10.2. The standard InChI is InChI=1S/C11H12F2N2OS.ClH/c12-8-1-2-9(13)7(3-8)4-14-11(16)10-5-17-6-15-10;/h1-3,10,15H,4-6H2,(H,14,16);1H. The van der Waals surface area contributed by atoms with E-state index in [1.807, 2.05) is 0 Å². The van der Waals surface area contributed by atoms with Crippen molar-refractivity contribution in [2.45, 2.75) is 12.6 Å². The molecule has 1 atom stereocenters. The maximum absolute atomic E-state index is 13.3. The van der Waals surface area contributed by atoms with Gasteiger partial charge in [0.1, 0.15) is 11.6 Å². The lowest BCUT2D eigenvalue weighted by molar-refractivity contribution is -0.122. The molecule has 2 rings (SSSR count). The third kappa shape index (κ3) is 3.83. The summed E-state index contributed by atoms with van der Waals surface area (Å²) >= 11 is 1.63. The molecule has 1 heterocycles. The summed E-state index contributed by atoms with van der Waals surface area (Å²) in [7, 11) is 0. The van der Waals surface area contributed by atoms with Crippen molar-refractivity contribution in [2.75, 3.05) is 11.6 Å². The van der Waals surface area contributed by atoms with Gasteiger partial charge in [-0.1, -0.05) is 0 Å². The lowest BCUT2D eigenvalue weighted by Crippen LogP contribution is -2.41. The normalized spacial score (nSPS) is 18.2. The average molecular weight is 295 g/mol. The van der Waals surface area contributed by atoms with Crippen molar-refractivity contribution in [3.05, 3.63) is 35.4 Å². The summed E-state index contributed by atoms with van der Waals surface area (Å²) in [4.78, 5) is 11.6. The van der Waals surface area contributed by atoms with Crippen molar-refractivity contribution in [2.24, 2.45) is 0 Å². The predicted molar refractivity (Wildman–Crippen MR) is 69.7 cm³/mol. The molecule has 0 aromatic heterocycles. The number of amides is 1. The van der Waals surface area contributed by atoms with Crippen LogP contribution in [0.25, 0.3) is 0 Å². The van der Waals surface area contributed by atoms with Gasteiger partial charge in [0.25, 0.3) is 0 Å². The first-order valence-electron chi connectivity index (χ1n) is 5.19. The van der Waals surface area contributed by atoms with Crippen LogP contribution in [-0.2, 0) is 11.3 Å². The monoisotopic (exact) mass is 294 g/mol. The van der Waals surface area contributed by atoms with Gasteiger partial charge >= 0.3 is 0 Å². The quantitative estimate of drug-likeness (QED) is 0.891. The molecular weight excluding hydrogens is 282 g/mol. The zero-order valence-corrected chi connectivity index (χ0v) is 11.0. The molecule has 3 nitrogen and oxygen atoms in total. The summed E-state index contributed by atoms with van der Waals surface area (Å²) in [6.07, 6.45) is 0. The van der Waals surface area contributed by atoms with Crippen LogP contribution >= 0.6 is 24.2 Å². The minimum Gasteiger partial charge on any atom is -0.351 e. The average Bonchev–Trinajstić information content (AvgIpc) is 2.83. The number of halogens is 3. The van der Waals surface area contributed by atoms with E-state index in [2.05, 4.69) is 10.6 Å². The molecule has 0 saturated carbocycles. The Hall–Kier alpha value is -0.850. The molecule has 0 spiro atoms. The van der Waals surface area contributed by atoms with E-state index >= 15 is 0 Å². The number of carbonyl (C=O) groups excluding carboxylic acids is 1. The zero-order chi connectivity index (χ0) is 12.3. The number of benzene rings is 1. The maximum Gasteiger partial charge on any atom is 0.238 e. The van der Waals surface area contributed by atoms with Crippen LogP contribution in [0, 0.1) is 11.6 Å². The number of nitrogens with one attached hydrogen (secondary N) is 2. The molecule has 0 aliphatic carbocycles. The van der Waals surface area contributed by atoms with Crippen LogP contribution in [0.1, 0.15) is 5.56 Å². The lowest BCUT2D eigenvalue weighted by Gasteiger charge is -2.10.